The molecule has 9 heteroatoms. The van der Waals surface area contributed by atoms with Crippen molar-refractivity contribution >= 4 is 23.3 Å². The molecular weight excluding hydrogens is 390 g/mol. The number of aryl methyl sites for hydroxylation is 1. The number of esters is 1. The molecule has 0 saturated carbocycles. The number of benzene rings is 1. The lowest BCUT2D eigenvalue weighted by atomic mass is 10.2. The second-order valence-corrected chi connectivity index (χ2v) is 6.76. The number of carbonyl (C=O) groups excluding carboxylic acids is 2. The van der Waals surface area contributed by atoms with Gasteiger partial charge in [-0.1, -0.05) is 12.1 Å². The van der Waals surface area contributed by atoms with Crippen molar-refractivity contribution < 1.29 is 23.7 Å². The van der Waals surface area contributed by atoms with Crippen LogP contribution in [-0.2, 0) is 16.1 Å². The van der Waals surface area contributed by atoms with Crippen LogP contribution >= 0.6 is 0 Å². The summed E-state index contributed by atoms with van der Waals surface area (Å²) >= 11 is 0. The first kappa shape index (κ1) is 20.8. The summed E-state index contributed by atoms with van der Waals surface area (Å²) in [7, 11) is 0. The average Bonchev–Trinajstić information content (AvgIpc) is 3.32. The molecule has 1 aromatic carbocycles. The number of nitro benzene ring substituents is 1. The molecule has 0 radical (unpaired) electrons. The summed E-state index contributed by atoms with van der Waals surface area (Å²) in [6.45, 7) is 5.51. The fourth-order valence-corrected chi connectivity index (χ4v) is 3.06. The number of nitrogens with one attached hydrogen (secondary N) is 1. The average molecular weight is 411 g/mol. The van der Waals surface area contributed by atoms with Gasteiger partial charge in [0.1, 0.15) is 11.4 Å². The Bertz CT molecular complexity index is 1080. The van der Waals surface area contributed by atoms with Crippen LogP contribution in [0.1, 0.15) is 34.4 Å². The molecule has 0 fully saturated rings. The standard InChI is InChI=1S/C21H21N3O6/c1-13-11-17(14(2)23(13)12-16-7-6-10-29-16)21(26)30-15(3)20(25)22-18-8-4-5-9-19(18)24(27)28/h4-11,15H,12H2,1-3H3,(H,22,25)/t15-/m0/s1. The number of para-hydroxylation sites is 2. The highest BCUT2D eigenvalue weighted by molar-refractivity contribution is 5.99. The number of aromatic nitrogens is 1. The van der Waals surface area contributed by atoms with Crippen LogP contribution in [-0.4, -0.2) is 27.5 Å². The molecule has 0 spiro atoms. The zero-order valence-electron chi connectivity index (χ0n) is 16.7. The van der Waals surface area contributed by atoms with Gasteiger partial charge in [-0.3, -0.25) is 14.9 Å². The van der Waals surface area contributed by atoms with E-state index in [4.69, 9.17) is 9.15 Å². The molecule has 0 aliphatic rings. The van der Waals surface area contributed by atoms with Crippen molar-refractivity contribution in [1.82, 2.24) is 4.57 Å². The number of carbonyl (C=O) groups is 2. The van der Waals surface area contributed by atoms with Crippen molar-refractivity contribution in [3.05, 3.63) is 81.6 Å². The van der Waals surface area contributed by atoms with E-state index in [2.05, 4.69) is 5.32 Å². The second kappa shape index (κ2) is 8.64. The van der Waals surface area contributed by atoms with Crippen molar-refractivity contribution in [2.24, 2.45) is 0 Å². The van der Waals surface area contributed by atoms with Crippen LogP contribution in [0.15, 0.2) is 53.1 Å². The molecule has 0 unspecified atom stereocenters. The van der Waals surface area contributed by atoms with Crippen LogP contribution in [0.4, 0.5) is 11.4 Å². The Balaban J connectivity index is 1.70. The third kappa shape index (κ3) is 4.40. The van der Waals surface area contributed by atoms with Gasteiger partial charge in [0.25, 0.3) is 11.6 Å². The zero-order chi connectivity index (χ0) is 21.8. The van der Waals surface area contributed by atoms with Gasteiger partial charge in [-0.2, -0.15) is 0 Å². The van der Waals surface area contributed by atoms with E-state index in [1.165, 1.54) is 25.1 Å². The first-order valence-electron chi connectivity index (χ1n) is 9.22. The van der Waals surface area contributed by atoms with Gasteiger partial charge in [0.05, 0.1) is 23.3 Å². The maximum atomic E-state index is 12.6. The monoisotopic (exact) mass is 411 g/mol. The largest absolute Gasteiger partial charge is 0.467 e. The van der Waals surface area contributed by atoms with Crippen LogP contribution in [0.25, 0.3) is 0 Å². The smallest absolute Gasteiger partial charge is 0.340 e. The summed E-state index contributed by atoms with van der Waals surface area (Å²) in [5.41, 5.74) is 1.65. The quantitative estimate of drug-likeness (QED) is 0.359. The molecule has 0 bridgehead atoms. The SMILES string of the molecule is Cc1cc(C(=O)O[C@@H](C)C(=O)Nc2ccccc2[N+](=O)[O-])c(C)n1Cc1ccco1. The summed E-state index contributed by atoms with van der Waals surface area (Å²) in [5.74, 6) is -0.574. The Morgan fingerprint density at radius 3 is 2.63 bits per heavy atom. The maximum absolute atomic E-state index is 12.6. The Morgan fingerprint density at radius 2 is 1.97 bits per heavy atom. The third-order valence-corrected chi connectivity index (χ3v) is 4.70. The van der Waals surface area contributed by atoms with Crippen molar-refractivity contribution in [3.8, 4) is 0 Å². The number of nitrogens with zero attached hydrogens (tertiary/aromatic N) is 2. The van der Waals surface area contributed by atoms with Gasteiger partial charge >= 0.3 is 5.97 Å². The van der Waals surface area contributed by atoms with Crippen LogP contribution < -0.4 is 5.32 Å². The van der Waals surface area contributed by atoms with E-state index in [1.807, 2.05) is 17.6 Å². The second-order valence-electron chi connectivity index (χ2n) is 6.76. The normalized spacial score (nSPS) is 11.7. The first-order valence-corrected chi connectivity index (χ1v) is 9.22. The molecule has 30 heavy (non-hydrogen) atoms. The Kier molecular flexibility index (Phi) is 6.01. The van der Waals surface area contributed by atoms with Crippen molar-refractivity contribution in [1.29, 1.82) is 0 Å². The van der Waals surface area contributed by atoms with E-state index < -0.39 is 22.9 Å². The molecule has 0 aliphatic heterocycles. The van der Waals surface area contributed by atoms with Crippen LogP contribution in [0, 0.1) is 24.0 Å². The lowest BCUT2D eigenvalue weighted by Gasteiger charge is -2.14. The maximum Gasteiger partial charge on any atom is 0.340 e. The van der Waals surface area contributed by atoms with E-state index in [1.54, 1.807) is 31.4 Å². The van der Waals surface area contributed by atoms with Crippen LogP contribution in [0.3, 0.4) is 0 Å². The highest BCUT2D eigenvalue weighted by Gasteiger charge is 2.24. The van der Waals surface area contributed by atoms with Gasteiger partial charge in [-0.15, -0.1) is 0 Å². The lowest BCUT2D eigenvalue weighted by Crippen LogP contribution is -2.30. The zero-order valence-corrected chi connectivity index (χ0v) is 16.7. The van der Waals surface area contributed by atoms with Crippen LogP contribution in [0.5, 0.6) is 0 Å². The molecule has 2 aromatic heterocycles. The number of hydrogen-bond acceptors (Lipinski definition) is 6. The van der Waals surface area contributed by atoms with E-state index in [0.717, 1.165) is 11.5 Å². The number of hydrogen-bond donors (Lipinski definition) is 1. The number of furan rings is 1. The highest BCUT2D eigenvalue weighted by atomic mass is 16.6. The molecule has 1 N–H and O–H groups in total. The van der Waals surface area contributed by atoms with Crippen molar-refractivity contribution in [3.63, 3.8) is 0 Å². The predicted molar refractivity (Wildman–Crippen MR) is 108 cm³/mol. The topological polar surface area (TPSA) is 117 Å². The summed E-state index contributed by atoms with van der Waals surface area (Å²) in [6.07, 6.45) is 0.432. The Labute approximate surface area is 172 Å². The molecule has 1 atom stereocenters. The summed E-state index contributed by atoms with van der Waals surface area (Å²) in [5, 5.41) is 13.5. The minimum atomic E-state index is -1.15. The van der Waals surface area contributed by atoms with Gasteiger partial charge in [-0.25, -0.2) is 4.79 Å². The Morgan fingerprint density at radius 1 is 1.23 bits per heavy atom. The number of rotatable bonds is 7. The van der Waals surface area contributed by atoms with Gasteiger partial charge in [0.15, 0.2) is 6.10 Å². The molecular formula is C21H21N3O6. The minimum absolute atomic E-state index is 0.0343. The third-order valence-electron chi connectivity index (χ3n) is 4.70. The van der Waals surface area contributed by atoms with E-state index >= 15 is 0 Å². The number of ether oxygens (including phenoxy) is 1. The molecule has 3 rings (SSSR count). The van der Waals surface area contributed by atoms with Gasteiger partial charge in [-0.05, 0) is 45.0 Å². The first-order chi connectivity index (χ1) is 14.3. The molecule has 3 aromatic rings. The van der Waals surface area contributed by atoms with E-state index in [9.17, 15) is 19.7 Å². The fourth-order valence-electron chi connectivity index (χ4n) is 3.06. The molecule has 2 heterocycles. The molecule has 0 saturated heterocycles. The molecule has 156 valence electrons. The van der Waals surface area contributed by atoms with Crippen molar-refractivity contribution in [2.45, 2.75) is 33.4 Å². The summed E-state index contributed by atoms with van der Waals surface area (Å²) in [6, 6.07) is 11.1. The van der Waals surface area contributed by atoms with E-state index in [-0.39, 0.29) is 11.4 Å². The van der Waals surface area contributed by atoms with Gasteiger partial charge < -0.3 is 19.0 Å². The fraction of sp³-hybridized carbons (Fsp3) is 0.238. The number of anilines is 1. The van der Waals surface area contributed by atoms with Crippen molar-refractivity contribution in [2.75, 3.05) is 5.32 Å². The molecule has 9 nitrogen and oxygen atoms in total. The predicted octanol–water partition coefficient (Wildman–Crippen LogP) is 3.84. The molecule has 0 aliphatic carbocycles. The van der Waals surface area contributed by atoms with Gasteiger partial charge in [0.2, 0.25) is 0 Å². The van der Waals surface area contributed by atoms with Gasteiger partial charge in [0, 0.05) is 17.5 Å². The number of amides is 1. The molecule has 1 amide bonds. The van der Waals surface area contributed by atoms with Crippen LogP contribution in [0.2, 0.25) is 0 Å². The minimum Gasteiger partial charge on any atom is -0.467 e. The van der Waals surface area contributed by atoms with E-state index in [0.29, 0.717) is 17.8 Å². The lowest BCUT2D eigenvalue weighted by molar-refractivity contribution is -0.383. The summed E-state index contributed by atoms with van der Waals surface area (Å²) in [4.78, 5) is 35.5. The Hall–Kier alpha value is -3.88. The number of nitro groups is 1. The highest BCUT2D eigenvalue weighted by Crippen LogP contribution is 2.24. The summed E-state index contributed by atoms with van der Waals surface area (Å²) < 4.78 is 12.6.